The normalized spacial score (nSPS) is 11.0. The molecular formula is C20H22ClIN4O. The number of aliphatic imine (C=N–C) groups is 1. The Hall–Kier alpha value is -2.06. The first-order chi connectivity index (χ1) is 12.7. The molecule has 0 aliphatic rings. The Morgan fingerprint density at radius 1 is 1.07 bits per heavy atom. The lowest BCUT2D eigenvalue weighted by atomic mass is 10.1. The first-order valence-electron chi connectivity index (χ1n) is 8.44. The summed E-state index contributed by atoms with van der Waals surface area (Å²) in [7, 11) is 1.75. The molecule has 0 amide bonds. The third-order valence-corrected chi connectivity index (χ3v) is 4.15. The van der Waals surface area contributed by atoms with Gasteiger partial charge in [0.2, 0.25) is 0 Å². The average molecular weight is 497 g/mol. The van der Waals surface area contributed by atoms with E-state index in [9.17, 15) is 0 Å². The highest BCUT2D eigenvalue weighted by molar-refractivity contribution is 14.0. The Morgan fingerprint density at radius 2 is 1.81 bits per heavy atom. The van der Waals surface area contributed by atoms with Crippen molar-refractivity contribution in [1.82, 2.24) is 15.8 Å². The number of nitrogens with one attached hydrogen (secondary N) is 2. The number of benzene rings is 2. The topological polar surface area (TPSA) is 62.5 Å². The summed E-state index contributed by atoms with van der Waals surface area (Å²) < 4.78 is 5.40. The molecule has 2 aromatic carbocycles. The summed E-state index contributed by atoms with van der Waals surface area (Å²) in [6, 6.07) is 19.7. The van der Waals surface area contributed by atoms with Crippen LogP contribution in [0.2, 0.25) is 5.02 Å². The molecule has 0 saturated heterocycles. The van der Waals surface area contributed by atoms with Crippen LogP contribution in [-0.2, 0) is 13.0 Å². The molecule has 2 N–H and O–H groups in total. The van der Waals surface area contributed by atoms with Gasteiger partial charge >= 0.3 is 0 Å². The zero-order chi connectivity index (χ0) is 18.2. The molecule has 0 unspecified atom stereocenters. The smallest absolute Gasteiger partial charge is 0.191 e. The number of hydrogen-bond acceptors (Lipinski definition) is 3. The van der Waals surface area contributed by atoms with Gasteiger partial charge in [0.15, 0.2) is 11.7 Å². The highest BCUT2D eigenvalue weighted by Crippen LogP contribution is 2.19. The fourth-order valence-corrected chi connectivity index (χ4v) is 2.63. The second kappa shape index (κ2) is 10.9. The molecule has 0 aliphatic carbocycles. The van der Waals surface area contributed by atoms with Crippen LogP contribution in [0.15, 0.2) is 70.2 Å². The summed E-state index contributed by atoms with van der Waals surface area (Å²) in [5, 5.41) is 11.4. The lowest BCUT2D eigenvalue weighted by molar-refractivity contribution is 0.422. The van der Waals surface area contributed by atoms with Crippen molar-refractivity contribution >= 4 is 41.5 Å². The molecule has 5 nitrogen and oxygen atoms in total. The van der Waals surface area contributed by atoms with E-state index >= 15 is 0 Å². The summed E-state index contributed by atoms with van der Waals surface area (Å²) in [5.41, 5.74) is 3.06. The summed E-state index contributed by atoms with van der Waals surface area (Å²) in [6.45, 7) is 1.31. The minimum absolute atomic E-state index is 0. The van der Waals surface area contributed by atoms with Crippen molar-refractivity contribution in [3.63, 3.8) is 0 Å². The molecule has 0 atom stereocenters. The van der Waals surface area contributed by atoms with E-state index in [1.807, 2.05) is 60.7 Å². The Kier molecular flexibility index (Phi) is 8.60. The van der Waals surface area contributed by atoms with E-state index < -0.39 is 0 Å². The zero-order valence-electron chi connectivity index (χ0n) is 15.0. The number of halogens is 2. The van der Waals surface area contributed by atoms with E-state index in [-0.39, 0.29) is 24.0 Å². The summed E-state index contributed by atoms with van der Waals surface area (Å²) in [5.74, 6) is 1.48. The molecule has 0 aliphatic heterocycles. The molecule has 7 heteroatoms. The van der Waals surface area contributed by atoms with Crippen LogP contribution in [-0.4, -0.2) is 24.7 Å². The minimum Gasteiger partial charge on any atom is -0.356 e. The molecule has 0 bridgehead atoms. The monoisotopic (exact) mass is 496 g/mol. The maximum absolute atomic E-state index is 5.90. The van der Waals surface area contributed by atoms with Gasteiger partial charge in [-0.05, 0) is 24.1 Å². The molecule has 142 valence electrons. The molecule has 0 fully saturated rings. The fraction of sp³-hybridized carbons (Fsp3) is 0.200. The molecule has 0 spiro atoms. The number of hydrogen-bond donors (Lipinski definition) is 2. The van der Waals surface area contributed by atoms with Gasteiger partial charge in [-0.15, -0.1) is 24.0 Å². The SMILES string of the molecule is CN=C(NCCc1ccc(Cl)cc1)NCc1cc(-c2ccccc2)on1.I. The van der Waals surface area contributed by atoms with E-state index in [1.54, 1.807) is 7.05 Å². The van der Waals surface area contributed by atoms with Gasteiger partial charge < -0.3 is 15.2 Å². The van der Waals surface area contributed by atoms with Gasteiger partial charge in [0.1, 0.15) is 5.69 Å². The van der Waals surface area contributed by atoms with Crippen molar-refractivity contribution < 1.29 is 4.52 Å². The van der Waals surface area contributed by atoms with Gasteiger partial charge in [-0.1, -0.05) is 59.2 Å². The highest BCUT2D eigenvalue weighted by Gasteiger charge is 2.07. The molecule has 27 heavy (non-hydrogen) atoms. The minimum atomic E-state index is 0. The lowest BCUT2D eigenvalue weighted by Crippen LogP contribution is -2.37. The van der Waals surface area contributed by atoms with Crippen LogP contribution in [0.4, 0.5) is 0 Å². The molecule has 3 aromatic rings. The van der Waals surface area contributed by atoms with Crippen LogP contribution in [0.25, 0.3) is 11.3 Å². The van der Waals surface area contributed by atoms with E-state index in [1.165, 1.54) is 5.56 Å². The summed E-state index contributed by atoms with van der Waals surface area (Å²) in [4.78, 5) is 4.23. The third-order valence-electron chi connectivity index (χ3n) is 3.90. The Morgan fingerprint density at radius 3 is 2.52 bits per heavy atom. The van der Waals surface area contributed by atoms with Crippen molar-refractivity contribution in [2.75, 3.05) is 13.6 Å². The Labute approximate surface area is 181 Å². The van der Waals surface area contributed by atoms with E-state index in [2.05, 4.69) is 20.8 Å². The van der Waals surface area contributed by atoms with Gasteiger partial charge in [0.05, 0.1) is 6.54 Å². The van der Waals surface area contributed by atoms with E-state index in [4.69, 9.17) is 16.1 Å². The van der Waals surface area contributed by atoms with Crippen LogP contribution in [0, 0.1) is 0 Å². The standard InChI is InChI=1S/C20H21ClN4O.HI/c1-22-20(23-12-11-15-7-9-17(21)10-8-15)24-14-18-13-19(26-25-18)16-5-3-2-4-6-16;/h2-10,13H,11-12,14H2,1H3,(H2,22,23,24);1H. The number of guanidine groups is 1. The van der Waals surface area contributed by atoms with Crippen molar-refractivity contribution in [1.29, 1.82) is 0 Å². The number of rotatable bonds is 6. The maximum Gasteiger partial charge on any atom is 0.191 e. The van der Waals surface area contributed by atoms with Crippen LogP contribution >= 0.6 is 35.6 Å². The van der Waals surface area contributed by atoms with Gasteiger partial charge in [0, 0.05) is 30.2 Å². The molecule has 1 aromatic heterocycles. The van der Waals surface area contributed by atoms with Crippen LogP contribution in [0.3, 0.4) is 0 Å². The predicted molar refractivity (Wildman–Crippen MR) is 121 cm³/mol. The van der Waals surface area contributed by atoms with Crippen molar-refractivity contribution in [3.05, 3.63) is 76.9 Å². The molecule has 0 radical (unpaired) electrons. The van der Waals surface area contributed by atoms with Crippen LogP contribution in [0.5, 0.6) is 0 Å². The Balaban J connectivity index is 0.00000261. The van der Waals surface area contributed by atoms with E-state index in [0.717, 1.165) is 41.0 Å². The van der Waals surface area contributed by atoms with Crippen molar-refractivity contribution in [3.8, 4) is 11.3 Å². The van der Waals surface area contributed by atoms with Crippen molar-refractivity contribution in [2.45, 2.75) is 13.0 Å². The largest absolute Gasteiger partial charge is 0.356 e. The lowest BCUT2D eigenvalue weighted by Gasteiger charge is -2.10. The number of aromatic nitrogens is 1. The molecule has 0 saturated carbocycles. The third kappa shape index (κ3) is 6.55. The van der Waals surface area contributed by atoms with Gasteiger partial charge in [-0.2, -0.15) is 0 Å². The number of nitrogens with zero attached hydrogens (tertiary/aromatic N) is 2. The highest BCUT2D eigenvalue weighted by atomic mass is 127. The second-order valence-corrected chi connectivity index (χ2v) is 6.21. The van der Waals surface area contributed by atoms with Gasteiger partial charge in [-0.25, -0.2) is 0 Å². The predicted octanol–water partition coefficient (Wildman–Crippen LogP) is 4.52. The molecule has 1 heterocycles. The summed E-state index contributed by atoms with van der Waals surface area (Å²) in [6.07, 6.45) is 0.889. The first kappa shape index (κ1) is 21.2. The van der Waals surface area contributed by atoms with Gasteiger partial charge in [-0.3, -0.25) is 4.99 Å². The second-order valence-electron chi connectivity index (χ2n) is 5.78. The Bertz CT molecular complexity index is 850. The van der Waals surface area contributed by atoms with E-state index in [0.29, 0.717) is 6.54 Å². The fourth-order valence-electron chi connectivity index (χ4n) is 2.50. The quantitative estimate of drug-likeness (QED) is 0.299. The molecule has 3 rings (SSSR count). The van der Waals surface area contributed by atoms with Gasteiger partial charge in [0.25, 0.3) is 0 Å². The first-order valence-corrected chi connectivity index (χ1v) is 8.82. The van der Waals surface area contributed by atoms with Crippen LogP contribution < -0.4 is 10.6 Å². The maximum atomic E-state index is 5.90. The zero-order valence-corrected chi connectivity index (χ0v) is 18.1. The average Bonchev–Trinajstić information content (AvgIpc) is 3.16. The van der Waals surface area contributed by atoms with Crippen LogP contribution in [0.1, 0.15) is 11.3 Å². The molecular weight excluding hydrogens is 475 g/mol. The van der Waals surface area contributed by atoms with Crippen molar-refractivity contribution in [2.24, 2.45) is 4.99 Å². The summed E-state index contributed by atoms with van der Waals surface area (Å²) >= 11 is 5.90.